The third-order valence-corrected chi connectivity index (χ3v) is 2.50. The monoisotopic (exact) mass is 380 g/mol. The molecule has 100 valence electrons. The Morgan fingerprint density at radius 1 is 1.22 bits per heavy atom. The lowest BCUT2D eigenvalue weighted by Crippen LogP contribution is -2.16. The Bertz CT molecular complexity index is 462. The summed E-state index contributed by atoms with van der Waals surface area (Å²) in [6.07, 6.45) is 0. The van der Waals surface area contributed by atoms with Gasteiger partial charge in [0, 0.05) is 0 Å². The van der Waals surface area contributed by atoms with Gasteiger partial charge in [0.25, 0.3) is 3.79 Å². The highest BCUT2D eigenvalue weighted by molar-refractivity contribution is 9.10. The minimum Gasteiger partial charge on any atom is -0.478 e. The third kappa shape index (κ3) is 6.39. The van der Waals surface area contributed by atoms with Crippen molar-refractivity contribution >= 4 is 62.7 Å². The molecule has 0 fully saturated rings. The molecule has 1 rings (SSSR count). The maximum atomic E-state index is 12.5. The summed E-state index contributed by atoms with van der Waals surface area (Å²) in [6.45, 7) is 0. The van der Waals surface area contributed by atoms with Crippen LogP contribution < -0.4 is 0 Å². The van der Waals surface area contributed by atoms with Gasteiger partial charge in [-0.3, -0.25) is 0 Å². The smallest absolute Gasteiger partial charge is 0.356 e. The maximum Gasteiger partial charge on any atom is 0.356 e. The molecule has 0 bridgehead atoms. The van der Waals surface area contributed by atoms with E-state index in [4.69, 9.17) is 45.0 Å². The van der Waals surface area contributed by atoms with Gasteiger partial charge < -0.3 is 10.2 Å². The number of carbonyl (C=O) groups is 2. The number of hydrogen-bond donors (Lipinski definition) is 2. The van der Waals surface area contributed by atoms with E-state index in [0.29, 0.717) is 0 Å². The molecule has 0 aliphatic rings. The second kappa shape index (κ2) is 7.13. The van der Waals surface area contributed by atoms with Gasteiger partial charge in [0.1, 0.15) is 5.82 Å². The summed E-state index contributed by atoms with van der Waals surface area (Å²) < 4.78 is 10.5. The van der Waals surface area contributed by atoms with Crippen LogP contribution in [0.15, 0.2) is 22.7 Å². The van der Waals surface area contributed by atoms with E-state index in [1.54, 1.807) is 0 Å². The maximum absolute atomic E-state index is 12.5. The van der Waals surface area contributed by atoms with Crippen LogP contribution in [0.2, 0.25) is 0 Å². The lowest BCUT2D eigenvalue weighted by atomic mass is 10.2. The lowest BCUT2D eigenvalue weighted by molar-refractivity contribution is -0.135. The molecule has 4 nitrogen and oxygen atoms in total. The van der Waals surface area contributed by atoms with E-state index in [0.717, 1.165) is 6.07 Å². The fourth-order valence-corrected chi connectivity index (χ4v) is 1.01. The molecule has 0 aromatic heterocycles. The molecule has 1 aromatic rings. The summed E-state index contributed by atoms with van der Waals surface area (Å²) in [5, 5.41) is 16.3. The number of carboxylic acids is 2. The van der Waals surface area contributed by atoms with Crippen LogP contribution in [0, 0.1) is 5.82 Å². The Kier molecular flexibility index (Phi) is 6.91. The zero-order valence-corrected chi connectivity index (χ0v) is 12.2. The Labute approximate surface area is 124 Å². The van der Waals surface area contributed by atoms with E-state index in [1.807, 2.05) is 0 Å². The van der Waals surface area contributed by atoms with Gasteiger partial charge in [0.2, 0.25) is 0 Å². The molecule has 0 saturated carbocycles. The first-order chi connectivity index (χ1) is 8.05. The Balaban J connectivity index is 0.000000360. The number of rotatable bonds is 1. The molecule has 0 amide bonds. The van der Waals surface area contributed by atoms with Crippen molar-refractivity contribution in [3.05, 3.63) is 34.1 Å². The number of aliphatic carboxylic acids is 1. The van der Waals surface area contributed by atoms with Gasteiger partial charge in [-0.05, 0) is 34.1 Å². The summed E-state index contributed by atoms with van der Waals surface area (Å²) in [4.78, 5) is 19.9. The fourth-order valence-electron chi connectivity index (χ4n) is 0.629. The zero-order valence-electron chi connectivity index (χ0n) is 8.33. The van der Waals surface area contributed by atoms with Crippen molar-refractivity contribution in [3.8, 4) is 0 Å². The average molecular weight is 382 g/mol. The van der Waals surface area contributed by atoms with Crippen LogP contribution in [0.25, 0.3) is 0 Å². The first-order valence-electron chi connectivity index (χ1n) is 4.04. The van der Waals surface area contributed by atoms with E-state index >= 15 is 0 Å². The highest BCUT2D eigenvalue weighted by Crippen LogP contribution is 2.25. The normalized spacial score (nSPS) is 10.3. The molecule has 0 unspecified atom stereocenters. The average Bonchev–Trinajstić information content (AvgIpc) is 2.21. The van der Waals surface area contributed by atoms with Crippen LogP contribution in [0.3, 0.4) is 0 Å². The van der Waals surface area contributed by atoms with Gasteiger partial charge in [0.15, 0.2) is 0 Å². The standard InChI is InChI=1S/C7H4BrFO2.C2HCl3O2/c8-5-3-4(7(10)11)1-2-6(5)9;3-2(4,5)1(6)7/h1-3H,(H,10,11);(H,6,7). The van der Waals surface area contributed by atoms with Crippen molar-refractivity contribution in [1.29, 1.82) is 0 Å². The van der Waals surface area contributed by atoms with Crippen LogP contribution in [0.1, 0.15) is 10.4 Å². The predicted octanol–water partition coefficient (Wildman–Crippen LogP) is 3.73. The second-order valence-electron chi connectivity index (χ2n) is 2.74. The molecule has 2 N–H and O–H groups in total. The van der Waals surface area contributed by atoms with Crippen LogP contribution in [-0.2, 0) is 4.79 Å². The SMILES string of the molecule is O=C(O)C(Cl)(Cl)Cl.O=C(O)c1ccc(F)c(Br)c1. The van der Waals surface area contributed by atoms with Crippen LogP contribution in [0.5, 0.6) is 0 Å². The molecule has 0 spiro atoms. The van der Waals surface area contributed by atoms with E-state index in [-0.39, 0.29) is 10.0 Å². The van der Waals surface area contributed by atoms with Crippen molar-refractivity contribution in [1.82, 2.24) is 0 Å². The van der Waals surface area contributed by atoms with E-state index in [9.17, 15) is 14.0 Å². The number of benzene rings is 1. The van der Waals surface area contributed by atoms with Crippen molar-refractivity contribution in [2.75, 3.05) is 0 Å². The van der Waals surface area contributed by atoms with Gasteiger partial charge in [-0.25, -0.2) is 14.0 Å². The summed E-state index contributed by atoms with van der Waals surface area (Å²) >= 11 is 17.3. The summed E-state index contributed by atoms with van der Waals surface area (Å²) in [5.74, 6) is -2.99. The number of carboxylic acid groups (broad SMARTS) is 2. The van der Waals surface area contributed by atoms with Crippen molar-refractivity contribution in [2.24, 2.45) is 0 Å². The molecule has 1 aromatic carbocycles. The molecular weight excluding hydrogens is 377 g/mol. The summed E-state index contributed by atoms with van der Waals surface area (Å²) in [7, 11) is 0. The minimum absolute atomic E-state index is 0.0678. The molecule has 9 heteroatoms. The van der Waals surface area contributed by atoms with Crippen LogP contribution >= 0.6 is 50.7 Å². The molecule has 0 saturated heterocycles. The lowest BCUT2D eigenvalue weighted by Gasteiger charge is -1.99. The highest BCUT2D eigenvalue weighted by Gasteiger charge is 2.29. The molecular formula is C9H5BrCl3FO4. The second-order valence-corrected chi connectivity index (χ2v) is 5.87. The largest absolute Gasteiger partial charge is 0.478 e. The fraction of sp³-hybridized carbons (Fsp3) is 0.111. The highest BCUT2D eigenvalue weighted by atomic mass is 79.9. The Morgan fingerprint density at radius 2 is 1.67 bits per heavy atom. The first kappa shape index (κ1) is 17.4. The molecule has 0 radical (unpaired) electrons. The van der Waals surface area contributed by atoms with Gasteiger partial charge in [-0.2, -0.15) is 0 Å². The Hall–Kier alpha value is -0.560. The van der Waals surface area contributed by atoms with E-state index < -0.39 is 21.5 Å². The summed E-state index contributed by atoms with van der Waals surface area (Å²) in [6, 6.07) is 3.54. The Morgan fingerprint density at radius 3 is 1.94 bits per heavy atom. The van der Waals surface area contributed by atoms with Crippen molar-refractivity contribution < 1.29 is 24.2 Å². The van der Waals surface area contributed by atoms with Gasteiger partial charge in [0.05, 0.1) is 10.0 Å². The van der Waals surface area contributed by atoms with Crippen LogP contribution in [-0.4, -0.2) is 25.9 Å². The molecule has 18 heavy (non-hydrogen) atoms. The summed E-state index contributed by atoms with van der Waals surface area (Å²) in [5.41, 5.74) is 0.0678. The first-order valence-corrected chi connectivity index (χ1v) is 5.97. The number of aromatic carboxylic acids is 1. The van der Waals surface area contributed by atoms with Crippen molar-refractivity contribution in [2.45, 2.75) is 3.79 Å². The van der Waals surface area contributed by atoms with Gasteiger partial charge >= 0.3 is 11.9 Å². The molecule has 0 atom stereocenters. The quantitative estimate of drug-likeness (QED) is 0.726. The predicted molar refractivity (Wildman–Crippen MR) is 69.0 cm³/mol. The topological polar surface area (TPSA) is 74.6 Å². The van der Waals surface area contributed by atoms with Gasteiger partial charge in [-0.15, -0.1) is 0 Å². The van der Waals surface area contributed by atoms with Crippen LogP contribution in [0.4, 0.5) is 4.39 Å². The number of halogens is 5. The van der Waals surface area contributed by atoms with E-state index in [1.165, 1.54) is 12.1 Å². The molecule has 0 heterocycles. The molecule has 0 aliphatic heterocycles. The van der Waals surface area contributed by atoms with Crippen molar-refractivity contribution in [3.63, 3.8) is 0 Å². The number of hydrogen-bond acceptors (Lipinski definition) is 2. The molecule has 0 aliphatic carbocycles. The number of alkyl halides is 3. The minimum atomic E-state index is -2.17. The van der Waals surface area contributed by atoms with Gasteiger partial charge in [-0.1, -0.05) is 34.8 Å². The van der Waals surface area contributed by atoms with E-state index in [2.05, 4.69) is 15.9 Å². The third-order valence-electron chi connectivity index (χ3n) is 1.41. The zero-order chi connectivity index (χ0) is 14.5.